The van der Waals surface area contributed by atoms with Gasteiger partial charge < -0.3 is 9.64 Å². The normalized spacial score (nSPS) is 10.2. The third kappa shape index (κ3) is 4.80. The highest BCUT2D eigenvalue weighted by atomic mass is 32.2. The number of methoxy groups -OCH3 is 1. The summed E-state index contributed by atoms with van der Waals surface area (Å²) in [7, 11) is 1.24. The average molecular weight is 303 g/mol. The minimum Gasteiger partial charge on any atom is -0.468 e. The second-order valence-electron chi connectivity index (χ2n) is 3.85. The standard InChI is InChI=1S/C13H15F2NO3S/c1-3-16(7-13(18)19-2)12(17)8-20-11-5-4-9(14)6-10(11)15/h4-6H,3,7-8H2,1-2H3. The van der Waals surface area contributed by atoms with E-state index in [2.05, 4.69) is 4.74 Å². The Morgan fingerprint density at radius 3 is 2.60 bits per heavy atom. The van der Waals surface area contributed by atoms with Crippen molar-refractivity contribution < 1.29 is 23.1 Å². The Morgan fingerprint density at radius 1 is 1.35 bits per heavy atom. The van der Waals surface area contributed by atoms with E-state index in [0.29, 0.717) is 6.54 Å². The number of hydrogen-bond donors (Lipinski definition) is 0. The van der Waals surface area contributed by atoms with E-state index in [9.17, 15) is 18.4 Å². The number of carbonyl (C=O) groups excluding carboxylic acids is 2. The summed E-state index contributed by atoms with van der Waals surface area (Å²) in [6.45, 7) is 1.93. The van der Waals surface area contributed by atoms with Gasteiger partial charge in [0.1, 0.15) is 18.2 Å². The van der Waals surface area contributed by atoms with Crippen molar-refractivity contribution in [1.82, 2.24) is 4.90 Å². The molecular weight excluding hydrogens is 288 g/mol. The van der Waals surface area contributed by atoms with Gasteiger partial charge in [0, 0.05) is 17.5 Å². The highest BCUT2D eigenvalue weighted by Crippen LogP contribution is 2.22. The maximum atomic E-state index is 13.4. The molecule has 0 radical (unpaired) electrons. The van der Waals surface area contributed by atoms with Gasteiger partial charge in [0.05, 0.1) is 12.9 Å². The van der Waals surface area contributed by atoms with Crippen LogP contribution in [0.25, 0.3) is 0 Å². The molecular formula is C13H15F2NO3S. The molecule has 0 saturated heterocycles. The molecule has 1 rings (SSSR count). The summed E-state index contributed by atoms with van der Waals surface area (Å²) in [5, 5.41) is 0. The first-order chi connectivity index (χ1) is 9.47. The van der Waals surface area contributed by atoms with Gasteiger partial charge in [0.25, 0.3) is 0 Å². The summed E-state index contributed by atoms with van der Waals surface area (Å²) in [5.41, 5.74) is 0. The van der Waals surface area contributed by atoms with Crippen LogP contribution in [0.5, 0.6) is 0 Å². The van der Waals surface area contributed by atoms with Gasteiger partial charge in [-0.05, 0) is 19.1 Å². The van der Waals surface area contributed by atoms with Crippen molar-refractivity contribution in [2.45, 2.75) is 11.8 Å². The largest absolute Gasteiger partial charge is 0.468 e. The Labute approximate surface area is 120 Å². The lowest BCUT2D eigenvalue weighted by Crippen LogP contribution is -2.37. The van der Waals surface area contributed by atoms with Crippen molar-refractivity contribution >= 4 is 23.6 Å². The molecule has 0 spiro atoms. The first-order valence-electron chi connectivity index (χ1n) is 5.90. The van der Waals surface area contributed by atoms with E-state index in [0.717, 1.165) is 23.9 Å². The molecule has 110 valence electrons. The number of hydrogen-bond acceptors (Lipinski definition) is 4. The molecule has 0 aliphatic carbocycles. The van der Waals surface area contributed by atoms with Crippen LogP contribution in [0.3, 0.4) is 0 Å². The predicted octanol–water partition coefficient (Wildman–Crippen LogP) is 2.08. The van der Waals surface area contributed by atoms with Gasteiger partial charge in [-0.25, -0.2) is 8.78 Å². The smallest absolute Gasteiger partial charge is 0.325 e. The molecule has 1 aromatic carbocycles. The third-order valence-electron chi connectivity index (χ3n) is 2.53. The monoisotopic (exact) mass is 303 g/mol. The number of carbonyl (C=O) groups is 2. The van der Waals surface area contributed by atoms with Crippen LogP contribution in [0.4, 0.5) is 8.78 Å². The molecule has 1 aromatic rings. The molecule has 20 heavy (non-hydrogen) atoms. The van der Waals surface area contributed by atoms with E-state index >= 15 is 0 Å². The molecule has 7 heteroatoms. The topological polar surface area (TPSA) is 46.6 Å². The van der Waals surface area contributed by atoms with E-state index < -0.39 is 17.6 Å². The maximum absolute atomic E-state index is 13.4. The number of rotatable bonds is 6. The number of thioether (sulfide) groups is 1. The maximum Gasteiger partial charge on any atom is 0.325 e. The number of amides is 1. The summed E-state index contributed by atoms with van der Waals surface area (Å²) in [4.78, 5) is 24.5. The molecule has 0 N–H and O–H groups in total. The second kappa shape index (κ2) is 7.84. The van der Waals surface area contributed by atoms with Crippen molar-refractivity contribution in [2.75, 3.05) is 26.0 Å². The van der Waals surface area contributed by atoms with Gasteiger partial charge in [-0.15, -0.1) is 11.8 Å². The molecule has 0 heterocycles. The fraction of sp³-hybridized carbons (Fsp3) is 0.385. The summed E-state index contributed by atoms with van der Waals surface area (Å²) in [6, 6.07) is 3.17. The number of benzene rings is 1. The molecule has 0 saturated carbocycles. The zero-order valence-electron chi connectivity index (χ0n) is 11.2. The Balaban J connectivity index is 2.58. The lowest BCUT2D eigenvalue weighted by molar-refractivity contribution is -0.146. The van der Waals surface area contributed by atoms with Gasteiger partial charge >= 0.3 is 5.97 Å². The molecule has 0 aliphatic heterocycles. The molecule has 0 fully saturated rings. The number of esters is 1. The fourth-order valence-electron chi connectivity index (χ4n) is 1.42. The molecule has 0 atom stereocenters. The minimum absolute atomic E-state index is 0.0343. The van der Waals surface area contributed by atoms with Crippen molar-refractivity contribution in [3.05, 3.63) is 29.8 Å². The van der Waals surface area contributed by atoms with Crippen LogP contribution in [-0.2, 0) is 14.3 Å². The predicted molar refractivity (Wildman–Crippen MR) is 71.4 cm³/mol. The van der Waals surface area contributed by atoms with E-state index in [4.69, 9.17) is 0 Å². The van der Waals surface area contributed by atoms with E-state index in [1.807, 2.05) is 0 Å². The fourth-order valence-corrected chi connectivity index (χ4v) is 2.24. The van der Waals surface area contributed by atoms with E-state index in [-0.39, 0.29) is 23.1 Å². The summed E-state index contributed by atoms with van der Waals surface area (Å²) < 4.78 is 30.6. The van der Waals surface area contributed by atoms with Gasteiger partial charge in [-0.2, -0.15) is 0 Å². The lowest BCUT2D eigenvalue weighted by Gasteiger charge is -2.19. The Morgan fingerprint density at radius 2 is 2.05 bits per heavy atom. The number of likely N-dealkylation sites (N-methyl/N-ethyl adjacent to an activating group) is 1. The molecule has 0 bridgehead atoms. The Bertz CT molecular complexity index is 497. The van der Waals surface area contributed by atoms with Crippen LogP contribution in [0.15, 0.2) is 23.1 Å². The molecule has 1 amide bonds. The van der Waals surface area contributed by atoms with Crippen LogP contribution < -0.4 is 0 Å². The van der Waals surface area contributed by atoms with Gasteiger partial charge in [0.15, 0.2) is 0 Å². The first-order valence-corrected chi connectivity index (χ1v) is 6.89. The van der Waals surface area contributed by atoms with Crippen molar-refractivity contribution in [1.29, 1.82) is 0 Å². The van der Waals surface area contributed by atoms with Crippen LogP contribution in [0, 0.1) is 11.6 Å². The van der Waals surface area contributed by atoms with Crippen molar-refractivity contribution in [2.24, 2.45) is 0 Å². The Hall–Kier alpha value is -1.63. The van der Waals surface area contributed by atoms with Gasteiger partial charge in [0.2, 0.25) is 5.91 Å². The third-order valence-corrected chi connectivity index (χ3v) is 3.56. The molecule has 0 aromatic heterocycles. The average Bonchev–Trinajstić information content (AvgIpc) is 2.43. The molecule has 0 unspecified atom stereocenters. The Kier molecular flexibility index (Phi) is 6.44. The number of halogens is 2. The van der Waals surface area contributed by atoms with E-state index in [1.165, 1.54) is 18.1 Å². The highest BCUT2D eigenvalue weighted by Gasteiger charge is 2.16. The van der Waals surface area contributed by atoms with Crippen molar-refractivity contribution in [3.63, 3.8) is 0 Å². The first kappa shape index (κ1) is 16.4. The zero-order chi connectivity index (χ0) is 15.1. The number of nitrogens with zero attached hydrogens (tertiary/aromatic N) is 1. The SMILES string of the molecule is CCN(CC(=O)OC)C(=O)CSc1ccc(F)cc1F. The van der Waals surface area contributed by atoms with Gasteiger partial charge in [-0.3, -0.25) is 9.59 Å². The number of ether oxygens (including phenoxy) is 1. The highest BCUT2D eigenvalue weighted by molar-refractivity contribution is 8.00. The van der Waals surface area contributed by atoms with Crippen LogP contribution in [0.1, 0.15) is 6.92 Å². The summed E-state index contributed by atoms with van der Waals surface area (Å²) in [6.07, 6.45) is 0. The van der Waals surface area contributed by atoms with Crippen molar-refractivity contribution in [3.8, 4) is 0 Å². The summed E-state index contributed by atoms with van der Waals surface area (Å²) >= 11 is 0.957. The van der Waals surface area contributed by atoms with E-state index in [1.54, 1.807) is 6.92 Å². The van der Waals surface area contributed by atoms with Crippen LogP contribution in [-0.4, -0.2) is 42.7 Å². The lowest BCUT2D eigenvalue weighted by atomic mass is 10.3. The summed E-state index contributed by atoms with van der Waals surface area (Å²) in [5.74, 6) is -2.24. The zero-order valence-corrected chi connectivity index (χ0v) is 12.0. The molecule has 4 nitrogen and oxygen atoms in total. The minimum atomic E-state index is -0.709. The molecule has 0 aliphatic rings. The van der Waals surface area contributed by atoms with Crippen LogP contribution >= 0.6 is 11.8 Å². The van der Waals surface area contributed by atoms with Gasteiger partial charge in [-0.1, -0.05) is 0 Å². The second-order valence-corrected chi connectivity index (χ2v) is 4.86. The quantitative estimate of drug-likeness (QED) is 0.596. The van der Waals surface area contributed by atoms with Crippen LogP contribution in [0.2, 0.25) is 0 Å².